The summed E-state index contributed by atoms with van der Waals surface area (Å²) in [5, 5.41) is 10.9. The van der Waals surface area contributed by atoms with Crippen molar-refractivity contribution >= 4 is 17.5 Å². The number of benzene rings is 1. The highest BCUT2D eigenvalue weighted by atomic mass is 16.6. The molecule has 0 radical (unpaired) electrons. The molecule has 0 bridgehead atoms. The second-order valence-corrected chi connectivity index (χ2v) is 4.97. The average Bonchev–Trinajstić information content (AvgIpc) is 3.11. The van der Waals surface area contributed by atoms with Gasteiger partial charge in [0, 0.05) is 36.9 Å². The average molecular weight is 316 g/mol. The Morgan fingerprint density at radius 2 is 1.87 bits per heavy atom. The summed E-state index contributed by atoms with van der Waals surface area (Å²) in [5.74, 6) is 0.961. The van der Waals surface area contributed by atoms with Crippen molar-refractivity contribution in [1.29, 1.82) is 0 Å². The predicted molar refractivity (Wildman–Crippen MR) is 90.1 cm³/mol. The molecule has 1 aliphatic rings. The first-order valence-corrected chi connectivity index (χ1v) is 7.35. The summed E-state index contributed by atoms with van der Waals surface area (Å²) < 4.78 is 0. The van der Waals surface area contributed by atoms with Crippen LogP contribution in [0.3, 0.4) is 0 Å². The maximum absolute atomic E-state index is 10.9. The van der Waals surface area contributed by atoms with Crippen molar-refractivity contribution < 1.29 is 4.92 Å². The lowest BCUT2D eigenvalue weighted by Crippen LogP contribution is -2.19. The molecule has 0 amide bonds. The third kappa shape index (κ3) is 3.92. The fourth-order valence-corrected chi connectivity index (χ4v) is 2.49. The molecule has 0 spiro atoms. The molecule has 1 fully saturated rings. The molecule has 122 valence electrons. The molecule has 0 atom stereocenters. The monoisotopic (exact) mass is 316 g/mol. The molecular weight excluding hydrogens is 296 g/mol. The minimum absolute atomic E-state index is 0.0346. The van der Waals surface area contributed by atoms with E-state index in [2.05, 4.69) is 20.6 Å². The molecule has 4 N–H and O–H groups in total. The number of nitro benzene ring substituents is 1. The van der Waals surface area contributed by atoms with Crippen LogP contribution in [-0.4, -0.2) is 35.0 Å². The number of nitrogens with zero attached hydrogens (tertiary/aromatic N) is 4. The van der Waals surface area contributed by atoms with Crippen LogP contribution in [0.4, 0.5) is 17.5 Å². The van der Waals surface area contributed by atoms with Crippen molar-refractivity contribution in [2.45, 2.75) is 12.8 Å². The van der Waals surface area contributed by atoms with Crippen LogP contribution >= 0.6 is 0 Å². The zero-order valence-electron chi connectivity index (χ0n) is 13.0. The summed E-state index contributed by atoms with van der Waals surface area (Å²) in [7, 11) is 1.50. The molecule has 1 aromatic carbocycles. The summed E-state index contributed by atoms with van der Waals surface area (Å²) in [6.45, 7) is 1.90. The quantitative estimate of drug-likeness (QED) is 0.653. The third-order valence-corrected chi connectivity index (χ3v) is 3.51. The summed E-state index contributed by atoms with van der Waals surface area (Å²) >= 11 is 0. The van der Waals surface area contributed by atoms with E-state index in [1.807, 2.05) is 6.07 Å². The fraction of sp³-hybridized carbons (Fsp3) is 0.333. The zero-order chi connectivity index (χ0) is 16.8. The number of hydrogen-bond donors (Lipinski definition) is 2. The maximum Gasteiger partial charge on any atom is 0.270 e. The summed E-state index contributed by atoms with van der Waals surface area (Å²) in [6, 6.07) is 8.20. The minimum Gasteiger partial charge on any atom is -0.368 e. The van der Waals surface area contributed by atoms with E-state index in [1.54, 1.807) is 12.1 Å². The van der Waals surface area contributed by atoms with Crippen LogP contribution in [-0.2, 0) is 0 Å². The van der Waals surface area contributed by atoms with Gasteiger partial charge >= 0.3 is 0 Å². The van der Waals surface area contributed by atoms with Gasteiger partial charge in [0.25, 0.3) is 5.69 Å². The van der Waals surface area contributed by atoms with E-state index in [1.165, 1.54) is 19.2 Å². The van der Waals surface area contributed by atoms with E-state index in [4.69, 9.17) is 5.73 Å². The standard InChI is InChI=1S/C14H15N5O2.CH5N/c15-14-16-12(9-13(17-14)18-6-1-2-7-18)10-4-3-5-11(8-10)19(20)21;1-2/h3-5,8-9H,1-2,6-7H2,(H2,15,16,17);2H2,1H3. The Morgan fingerprint density at radius 1 is 1.17 bits per heavy atom. The van der Waals surface area contributed by atoms with E-state index in [0.717, 1.165) is 31.7 Å². The second kappa shape index (κ2) is 7.50. The molecule has 8 nitrogen and oxygen atoms in total. The molecule has 1 saturated heterocycles. The zero-order valence-corrected chi connectivity index (χ0v) is 13.0. The topological polar surface area (TPSA) is 124 Å². The molecule has 0 unspecified atom stereocenters. The van der Waals surface area contributed by atoms with Gasteiger partial charge in [-0.1, -0.05) is 12.1 Å². The Bertz CT molecular complexity index is 685. The number of aromatic nitrogens is 2. The Hall–Kier alpha value is -2.74. The lowest BCUT2D eigenvalue weighted by atomic mass is 10.1. The minimum atomic E-state index is -0.421. The van der Waals surface area contributed by atoms with Crippen molar-refractivity contribution in [2.24, 2.45) is 5.73 Å². The van der Waals surface area contributed by atoms with Gasteiger partial charge in [-0.05, 0) is 19.9 Å². The van der Waals surface area contributed by atoms with Crippen LogP contribution in [0.5, 0.6) is 0 Å². The summed E-state index contributed by atoms with van der Waals surface area (Å²) in [5.41, 5.74) is 11.6. The Balaban J connectivity index is 0.000000924. The molecule has 0 aliphatic carbocycles. The number of nitrogen functional groups attached to an aromatic ring is 1. The molecule has 1 aliphatic heterocycles. The summed E-state index contributed by atoms with van der Waals surface area (Å²) in [6.07, 6.45) is 2.27. The number of hydrogen-bond acceptors (Lipinski definition) is 7. The van der Waals surface area contributed by atoms with Crippen LogP contribution < -0.4 is 16.4 Å². The highest BCUT2D eigenvalue weighted by molar-refractivity contribution is 5.66. The predicted octanol–water partition coefficient (Wildman–Crippen LogP) is 1.81. The van der Waals surface area contributed by atoms with Gasteiger partial charge in [0.05, 0.1) is 10.6 Å². The van der Waals surface area contributed by atoms with Gasteiger partial charge in [-0.2, -0.15) is 4.98 Å². The second-order valence-electron chi connectivity index (χ2n) is 4.97. The normalized spacial score (nSPS) is 13.4. The Labute approximate surface area is 134 Å². The molecular formula is C15H20N6O2. The number of rotatable bonds is 3. The van der Waals surface area contributed by atoms with Gasteiger partial charge in [-0.3, -0.25) is 10.1 Å². The molecule has 2 aromatic rings. The molecule has 2 heterocycles. The van der Waals surface area contributed by atoms with Crippen molar-refractivity contribution in [3.8, 4) is 11.3 Å². The van der Waals surface area contributed by atoms with Crippen molar-refractivity contribution in [3.05, 3.63) is 40.4 Å². The molecule has 23 heavy (non-hydrogen) atoms. The lowest BCUT2D eigenvalue weighted by molar-refractivity contribution is -0.384. The van der Waals surface area contributed by atoms with Crippen LogP contribution in [0.2, 0.25) is 0 Å². The first-order chi connectivity index (χ1) is 11.1. The van der Waals surface area contributed by atoms with E-state index in [0.29, 0.717) is 11.3 Å². The van der Waals surface area contributed by atoms with Gasteiger partial charge < -0.3 is 16.4 Å². The molecule has 8 heteroatoms. The van der Waals surface area contributed by atoms with Crippen molar-refractivity contribution in [2.75, 3.05) is 30.8 Å². The number of anilines is 2. The number of nitro groups is 1. The van der Waals surface area contributed by atoms with Gasteiger partial charge in [0.2, 0.25) is 5.95 Å². The number of non-ortho nitro benzene ring substituents is 1. The van der Waals surface area contributed by atoms with Crippen LogP contribution in [0, 0.1) is 10.1 Å². The SMILES string of the molecule is CN.Nc1nc(-c2cccc([N+](=O)[O-])c2)cc(N2CCCC2)n1. The van der Waals surface area contributed by atoms with Gasteiger partial charge in [0.1, 0.15) is 5.82 Å². The summed E-state index contributed by atoms with van der Waals surface area (Å²) in [4.78, 5) is 21.0. The third-order valence-electron chi connectivity index (χ3n) is 3.51. The molecule has 1 aromatic heterocycles. The highest BCUT2D eigenvalue weighted by Crippen LogP contribution is 2.27. The van der Waals surface area contributed by atoms with Gasteiger partial charge in [-0.15, -0.1) is 0 Å². The highest BCUT2D eigenvalue weighted by Gasteiger charge is 2.16. The van der Waals surface area contributed by atoms with Gasteiger partial charge in [0.15, 0.2) is 0 Å². The van der Waals surface area contributed by atoms with E-state index < -0.39 is 4.92 Å². The van der Waals surface area contributed by atoms with Crippen molar-refractivity contribution in [1.82, 2.24) is 9.97 Å². The molecule has 3 rings (SSSR count). The lowest BCUT2D eigenvalue weighted by Gasteiger charge is -2.17. The Kier molecular flexibility index (Phi) is 5.42. The van der Waals surface area contributed by atoms with Crippen LogP contribution in [0.25, 0.3) is 11.3 Å². The first kappa shape index (κ1) is 16.6. The van der Waals surface area contributed by atoms with E-state index in [-0.39, 0.29) is 11.6 Å². The van der Waals surface area contributed by atoms with Crippen LogP contribution in [0.15, 0.2) is 30.3 Å². The Morgan fingerprint density at radius 3 is 2.52 bits per heavy atom. The smallest absolute Gasteiger partial charge is 0.270 e. The van der Waals surface area contributed by atoms with E-state index in [9.17, 15) is 10.1 Å². The maximum atomic E-state index is 10.9. The number of nitrogens with two attached hydrogens (primary N) is 2. The van der Waals surface area contributed by atoms with E-state index >= 15 is 0 Å². The van der Waals surface area contributed by atoms with Gasteiger partial charge in [-0.25, -0.2) is 4.98 Å². The fourth-order valence-electron chi connectivity index (χ4n) is 2.49. The van der Waals surface area contributed by atoms with Crippen LogP contribution in [0.1, 0.15) is 12.8 Å². The first-order valence-electron chi connectivity index (χ1n) is 7.35. The van der Waals surface area contributed by atoms with Crippen molar-refractivity contribution in [3.63, 3.8) is 0 Å². The largest absolute Gasteiger partial charge is 0.368 e. The molecule has 0 saturated carbocycles.